The summed E-state index contributed by atoms with van der Waals surface area (Å²) in [7, 11) is 1.65. The van der Waals surface area contributed by atoms with Crippen LogP contribution in [0.15, 0.2) is 29.0 Å². The van der Waals surface area contributed by atoms with Gasteiger partial charge in [-0.2, -0.15) is 0 Å². The molecule has 0 saturated carbocycles. The minimum atomic E-state index is -0.149. The van der Waals surface area contributed by atoms with Crippen LogP contribution in [0.5, 0.6) is 5.75 Å². The molecule has 1 aromatic carbocycles. The second-order valence-corrected chi connectivity index (χ2v) is 6.18. The van der Waals surface area contributed by atoms with Gasteiger partial charge in [0.2, 0.25) is 0 Å². The van der Waals surface area contributed by atoms with E-state index >= 15 is 0 Å². The number of ether oxygens (including phenoxy) is 2. The van der Waals surface area contributed by atoms with E-state index in [1.165, 1.54) is 12.0 Å². The fraction of sp³-hybridized carbons (Fsp3) is 0.444. The van der Waals surface area contributed by atoms with Crippen molar-refractivity contribution >= 4 is 5.91 Å². The van der Waals surface area contributed by atoms with Gasteiger partial charge >= 0.3 is 0 Å². The molecule has 3 heterocycles. The highest BCUT2D eigenvalue weighted by molar-refractivity contribution is 5.93. The zero-order valence-electron chi connectivity index (χ0n) is 13.7. The Morgan fingerprint density at radius 3 is 3.08 bits per heavy atom. The van der Waals surface area contributed by atoms with Crippen LogP contribution >= 0.6 is 0 Å². The smallest absolute Gasteiger partial charge is 0.276 e. The predicted molar refractivity (Wildman–Crippen MR) is 85.9 cm³/mol. The quantitative estimate of drug-likeness (QED) is 0.867. The Morgan fingerprint density at radius 1 is 1.38 bits per heavy atom. The van der Waals surface area contributed by atoms with Crippen molar-refractivity contribution in [3.63, 3.8) is 0 Å². The summed E-state index contributed by atoms with van der Waals surface area (Å²) in [5, 5.41) is 0. The van der Waals surface area contributed by atoms with Crippen molar-refractivity contribution in [2.75, 3.05) is 20.3 Å². The van der Waals surface area contributed by atoms with Crippen molar-refractivity contribution in [2.45, 2.75) is 31.9 Å². The lowest BCUT2D eigenvalue weighted by Gasteiger charge is -2.29. The van der Waals surface area contributed by atoms with E-state index in [2.05, 4.69) is 11.1 Å². The van der Waals surface area contributed by atoms with E-state index in [0.717, 1.165) is 30.6 Å². The van der Waals surface area contributed by atoms with E-state index in [-0.39, 0.29) is 12.0 Å². The molecule has 4 rings (SSSR count). The van der Waals surface area contributed by atoms with Crippen LogP contribution in [-0.2, 0) is 17.7 Å². The maximum atomic E-state index is 12.9. The summed E-state index contributed by atoms with van der Waals surface area (Å²) in [6, 6.07) is 6.03. The lowest BCUT2D eigenvalue weighted by atomic mass is 9.99. The number of oxazole rings is 1. The molecule has 2 aliphatic heterocycles. The predicted octanol–water partition coefficient (Wildman–Crippen LogP) is 2.73. The van der Waals surface area contributed by atoms with Gasteiger partial charge in [-0.3, -0.25) is 4.79 Å². The number of benzene rings is 1. The first-order chi connectivity index (χ1) is 11.8. The van der Waals surface area contributed by atoms with Crippen LogP contribution in [0, 0.1) is 0 Å². The van der Waals surface area contributed by atoms with Gasteiger partial charge in [-0.15, -0.1) is 0 Å². The number of hydrogen-bond donors (Lipinski definition) is 0. The number of carbonyl (C=O) groups is 1. The van der Waals surface area contributed by atoms with Gasteiger partial charge in [-0.1, -0.05) is 6.07 Å². The summed E-state index contributed by atoms with van der Waals surface area (Å²) in [6.07, 6.45) is 3.87. The van der Waals surface area contributed by atoms with Crippen LogP contribution in [0.1, 0.15) is 46.3 Å². The van der Waals surface area contributed by atoms with Crippen LogP contribution in [0.4, 0.5) is 0 Å². The topological polar surface area (TPSA) is 64.8 Å². The Labute approximate surface area is 140 Å². The van der Waals surface area contributed by atoms with E-state index in [0.29, 0.717) is 31.2 Å². The summed E-state index contributed by atoms with van der Waals surface area (Å²) < 4.78 is 16.4. The monoisotopic (exact) mass is 328 g/mol. The third-order valence-corrected chi connectivity index (χ3v) is 4.73. The minimum Gasteiger partial charge on any atom is -0.497 e. The van der Waals surface area contributed by atoms with Gasteiger partial charge in [0.25, 0.3) is 5.91 Å². The van der Waals surface area contributed by atoms with E-state index in [1.54, 1.807) is 7.11 Å². The molecule has 1 atom stereocenters. The van der Waals surface area contributed by atoms with E-state index in [9.17, 15) is 4.79 Å². The SMILES string of the molecule is COc1ccc2c(c1)CN(C(=O)c1ncoc1C1CCCO1)CC2. The second kappa shape index (κ2) is 6.28. The Morgan fingerprint density at radius 2 is 2.29 bits per heavy atom. The molecular formula is C18H20N2O4. The van der Waals surface area contributed by atoms with Crippen molar-refractivity contribution in [2.24, 2.45) is 0 Å². The zero-order chi connectivity index (χ0) is 16.5. The first-order valence-electron chi connectivity index (χ1n) is 8.26. The molecule has 0 bridgehead atoms. The zero-order valence-corrected chi connectivity index (χ0v) is 13.7. The summed E-state index contributed by atoms with van der Waals surface area (Å²) in [5.74, 6) is 1.28. The molecule has 2 aromatic rings. The van der Waals surface area contributed by atoms with Gasteiger partial charge in [-0.05, 0) is 42.5 Å². The number of rotatable bonds is 3. The number of aromatic nitrogens is 1. The number of carbonyl (C=O) groups excluding carboxylic acids is 1. The molecule has 6 nitrogen and oxygen atoms in total. The number of hydrogen-bond acceptors (Lipinski definition) is 5. The summed E-state index contributed by atoms with van der Waals surface area (Å²) >= 11 is 0. The number of methoxy groups -OCH3 is 1. The van der Waals surface area contributed by atoms with Crippen molar-refractivity contribution in [1.29, 1.82) is 0 Å². The Hall–Kier alpha value is -2.34. The lowest BCUT2D eigenvalue weighted by molar-refractivity contribution is 0.0696. The van der Waals surface area contributed by atoms with Crippen molar-refractivity contribution in [3.8, 4) is 5.75 Å². The lowest BCUT2D eigenvalue weighted by Crippen LogP contribution is -2.36. The largest absolute Gasteiger partial charge is 0.497 e. The molecule has 1 saturated heterocycles. The van der Waals surface area contributed by atoms with Gasteiger partial charge in [0, 0.05) is 19.7 Å². The van der Waals surface area contributed by atoms with Gasteiger partial charge in [0.05, 0.1) is 7.11 Å². The molecule has 0 N–H and O–H groups in total. The Kier molecular flexibility index (Phi) is 3.98. The highest BCUT2D eigenvalue weighted by atomic mass is 16.5. The summed E-state index contributed by atoms with van der Waals surface area (Å²) in [5.41, 5.74) is 2.77. The molecule has 0 radical (unpaired) electrons. The molecular weight excluding hydrogens is 308 g/mol. The molecule has 0 spiro atoms. The average molecular weight is 328 g/mol. The first-order valence-corrected chi connectivity index (χ1v) is 8.26. The third kappa shape index (κ3) is 2.67. The average Bonchev–Trinajstić information content (AvgIpc) is 3.30. The normalized spacial score (nSPS) is 20.0. The molecule has 126 valence electrons. The maximum absolute atomic E-state index is 12.9. The fourth-order valence-corrected chi connectivity index (χ4v) is 3.41. The van der Waals surface area contributed by atoms with Crippen LogP contribution in [0.3, 0.4) is 0 Å². The molecule has 1 amide bonds. The molecule has 1 fully saturated rings. The van der Waals surface area contributed by atoms with Crippen LogP contribution in [0.2, 0.25) is 0 Å². The van der Waals surface area contributed by atoms with Gasteiger partial charge in [0.1, 0.15) is 11.9 Å². The number of fused-ring (bicyclic) bond motifs is 1. The summed E-state index contributed by atoms with van der Waals surface area (Å²) in [4.78, 5) is 18.9. The van der Waals surface area contributed by atoms with Crippen molar-refractivity contribution in [3.05, 3.63) is 47.2 Å². The van der Waals surface area contributed by atoms with Gasteiger partial charge in [0.15, 0.2) is 17.8 Å². The van der Waals surface area contributed by atoms with Crippen LogP contribution in [0.25, 0.3) is 0 Å². The minimum absolute atomic E-state index is 0.0947. The molecule has 24 heavy (non-hydrogen) atoms. The Balaban J connectivity index is 1.56. The molecule has 1 aromatic heterocycles. The third-order valence-electron chi connectivity index (χ3n) is 4.73. The highest BCUT2D eigenvalue weighted by Gasteiger charge is 2.31. The standard InChI is InChI=1S/C18H20N2O4/c1-22-14-5-4-12-6-7-20(10-13(12)9-14)18(21)16-17(24-11-19-16)15-3-2-8-23-15/h4-5,9,11,15H,2-3,6-8,10H2,1H3. The van der Waals surface area contributed by atoms with Gasteiger partial charge in [-0.25, -0.2) is 4.98 Å². The van der Waals surface area contributed by atoms with Crippen LogP contribution < -0.4 is 4.74 Å². The van der Waals surface area contributed by atoms with E-state index in [1.807, 2.05) is 17.0 Å². The van der Waals surface area contributed by atoms with Crippen molar-refractivity contribution < 1.29 is 18.7 Å². The summed E-state index contributed by atoms with van der Waals surface area (Å²) in [6.45, 7) is 1.94. The molecule has 2 aliphatic rings. The molecule has 6 heteroatoms. The van der Waals surface area contributed by atoms with Crippen molar-refractivity contribution in [1.82, 2.24) is 9.88 Å². The number of amides is 1. The Bertz CT molecular complexity index is 749. The second-order valence-electron chi connectivity index (χ2n) is 6.18. The number of nitrogens with zero attached hydrogens (tertiary/aromatic N) is 2. The maximum Gasteiger partial charge on any atom is 0.276 e. The molecule has 0 aliphatic carbocycles. The van der Waals surface area contributed by atoms with Gasteiger partial charge < -0.3 is 18.8 Å². The van der Waals surface area contributed by atoms with E-state index < -0.39 is 0 Å². The molecule has 1 unspecified atom stereocenters. The first kappa shape index (κ1) is 15.2. The van der Waals surface area contributed by atoms with E-state index in [4.69, 9.17) is 13.9 Å². The fourth-order valence-electron chi connectivity index (χ4n) is 3.41. The highest BCUT2D eigenvalue weighted by Crippen LogP contribution is 2.32. The van der Waals surface area contributed by atoms with Crippen LogP contribution in [-0.4, -0.2) is 36.1 Å².